The Morgan fingerprint density at radius 2 is 1.63 bits per heavy atom. The molecule has 1 amide bonds. The summed E-state index contributed by atoms with van der Waals surface area (Å²) in [7, 11) is 0. The number of ether oxygens (including phenoxy) is 1. The molecule has 0 unspecified atom stereocenters. The highest BCUT2D eigenvalue weighted by Gasteiger charge is 2.27. The lowest BCUT2D eigenvalue weighted by atomic mass is 9.97. The molecule has 2 heterocycles. The molecule has 5 aromatic rings. The molecule has 0 radical (unpaired) electrons. The van der Waals surface area contributed by atoms with Crippen LogP contribution in [0.4, 0.5) is 5.69 Å². The highest BCUT2D eigenvalue weighted by atomic mass is 35.5. The van der Waals surface area contributed by atoms with Gasteiger partial charge in [0, 0.05) is 23.8 Å². The third-order valence-corrected chi connectivity index (χ3v) is 7.85. The van der Waals surface area contributed by atoms with Crippen molar-refractivity contribution in [2.45, 2.75) is 32.5 Å². The minimum absolute atomic E-state index is 0.0577. The minimum Gasteiger partial charge on any atom is -0.489 e. The van der Waals surface area contributed by atoms with E-state index in [4.69, 9.17) is 21.3 Å². The molecule has 1 aliphatic rings. The van der Waals surface area contributed by atoms with Crippen molar-refractivity contribution in [3.63, 3.8) is 0 Å². The molecule has 6 rings (SSSR count). The van der Waals surface area contributed by atoms with Crippen LogP contribution in [0.2, 0.25) is 5.02 Å². The number of imidazole rings is 1. The number of nitrogens with zero attached hydrogens (tertiary/aromatic N) is 3. The quantitative estimate of drug-likeness (QED) is 0.206. The Balaban J connectivity index is 1.09. The summed E-state index contributed by atoms with van der Waals surface area (Å²) < 4.78 is 8.16. The first-order valence-corrected chi connectivity index (χ1v) is 14.5. The number of carbonyl (C=O) groups excluding carboxylic acids is 1. The van der Waals surface area contributed by atoms with Crippen LogP contribution in [-0.4, -0.2) is 33.4 Å². The first-order chi connectivity index (χ1) is 20.1. The van der Waals surface area contributed by atoms with Gasteiger partial charge in [-0.2, -0.15) is 0 Å². The van der Waals surface area contributed by atoms with Gasteiger partial charge in [0.25, 0.3) is 0 Å². The molecule has 1 atom stereocenters. The average molecular weight is 565 g/mol. The van der Waals surface area contributed by atoms with Gasteiger partial charge in [-0.1, -0.05) is 66.2 Å². The summed E-state index contributed by atoms with van der Waals surface area (Å²) in [5.74, 6) is 1.76. The monoisotopic (exact) mass is 564 g/mol. The lowest BCUT2D eigenvalue weighted by Gasteiger charge is -2.31. The molecule has 41 heavy (non-hydrogen) atoms. The Kier molecular flexibility index (Phi) is 8.31. The molecule has 0 saturated carbocycles. The number of rotatable bonds is 9. The number of hydrogen-bond acceptors (Lipinski definition) is 4. The van der Waals surface area contributed by atoms with Crippen molar-refractivity contribution < 1.29 is 9.53 Å². The number of para-hydroxylation sites is 2. The van der Waals surface area contributed by atoms with Crippen molar-refractivity contribution in [1.82, 2.24) is 14.5 Å². The fourth-order valence-corrected chi connectivity index (χ4v) is 5.55. The maximum atomic E-state index is 13.2. The van der Waals surface area contributed by atoms with Crippen LogP contribution in [0.15, 0.2) is 103 Å². The van der Waals surface area contributed by atoms with E-state index in [0.717, 1.165) is 64.8 Å². The van der Waals surface area contributed by atoms with Crippen LogP contribution in [0.5, 0.6) is 5.75 Å². The van der Waals surface area contributed by atoms with Gasteiger partial charge in [-0.05, 0) is 79.0 Å². The van der Waals surface area contributed by atoms with Gasteiger partial charge in [0.2, 0.25) is 5.91 Å². The summed E-state index contributed by atoms with van der Waals surface area (Å²) in [4.78, 5) is 20.6. The molecule has 0 spiro atoms. The second-order valence-corrected chi connectivity index (χ2v) is 11.0. The third-order valence-electron chi connectivity index (χ3n) is 7.60. The van der Waals surface area contributed by atoms with Crippen LogP contribution < -0.4 is 10.1 Å². The molecule has 0 aliphatic carbocycles. The Labute approximate surface area is 245 Å². The van der Waals surface area contributed by atoms with E-state index in [1.165, 1.54) is 5.56 Å². The summed E-state index contributed by atoms with van der Waals surface area (Å²) in [5.41, 5.74) is 5.17. The molecule has 0 bridgehead atoms. The Morgan fingerprint density at radius 1 is 0.878 bits per heavy atom. The Morgan fingerprint density at radius 3 is 2.44 bits per heavy atom. The summed E-state index contributed by atoms with van der Waals surface area (Å²) in [6, 6.07) is 33.9. The predicted molar refractivity (Wildman–Crippen MR) is 164 cm³/mol. The molecule has 7 heteroatoms. The second kappa shape index (κ2) is 12.6. The van der Waals surface area contributed by atoms with Gasteiger partial charge in [0.05, 0.1) is 23.5 Å². The lowest BCUT2D eigenvalue weighted by molar-refractivity contribution is -0.121. The normalized spacial score (nSPS) is 15.6. The maximum absolute atomic E-state index is 13.2. The molecule has 1 saturated heterocycles. The molecule has 1 aromatic heterocycles. The molecule has 208 valence electrons. The summed E-state index contributed by atoms with van der Waals surface area (Å²) in [6.07, 6.45) is 1.85. The fraction of sp³-hybridized carbons (Fsp3) is 0.235. The molecular formula is C34H33ClN4O2. The minimum atomic E-state index is -0.0770. The van der Waals surface area contributed by atoms with Crippen LogP contribution in [0, 0.1) is 5.92 Å². The number of amides is 1. The smallest absolute Gasteiger partial charge is 0.228 e. The van der Waals surface area contributed by atoms with Crippen molar-refractivity contribution >= 4 is 34.2 Å². The fourth-order valence-electron chi connectivity index (χ4n) is 5.43. The standard InChI is InChI=1S/C34H33ClN4O2/c35-28-14-12-25(13-15-28)21-39-32-11-5-4-10-31(32)37-33(39)23-38-20-6-9-27(22-38)34(40)36-29-16-18-30(19-17-29)41-24-26-7-2-1-3-8-26/h1-5,7-8,10-19,27H,6,9,20-24H2,(H,36,40)/t27-/m1/s1. The SMILES string of the molecule is O=C(Nc1ccc(OCc2ccccc2)cc1)[C@@H]1CCCN(Cc2nc3ccccc3n2Cc2ccc(Cl)cc2)C1. The van der Waals surface area contributed by atoms with E-state index in [9.17, 15) is 4.79 Å². The number of piperidine rings is 1. The highest BCUT2D eigenvalue weighted by Crippen LogP contribution is 2.25. The van der Waals surface area contributed by atoms with Crippen molar-refractivity contribution in [1.29, 1.82) is 0 Å². The second-order valence-electron chi connectivity index (χ2n) is 10.6. The van der Waals surface area contributed by atoms with E-state index in [-0.39, 0.29) is 11.8 Å². The van der Waals surface area contributed by atoms with Crippen LogP contribution in [0.3, 0.4) is 0 Å². The molecular weight excluding hydrogens is 532 g/mol. The topological polar surface area (TPSA) is 59.4 Å². The summed E-state index contributed by atoms with van der Waals surface area (Å²) in [5, 5.41) is 3.85. The lowest BCUT2D eigenvalue weighted by Crippen LogP contribution is -2.40. The summed E-state index contributed by atoms with van der Waals surface area (Å²) in [6.45, 7) is 3.57. The van der Waals surface area contributed by atoms with Gasteiger partial charge in [0.1, 0.15) is 18.2 Å². The molecule has 1 fully saturated rings. The van der Waals surface area contributed by atoms with E-state index in [1.807, 2.05) is 72.8 Å². The number of nitrogens with one attached hydrogen (secondary N) is 1. The van der Waals surface area contributed by atoms with E-state index in [2.05, 4.69) is 45.1 Å². The van der Waals surface area contributed by atoms with Gasteiger partial charge in [-0.15, -0.1) is 0 Å². The van der Waals surface area contributed by atoms with Crippen LogP contribution in [-0.2, 0) is 24.5 Å². The maximum Gasteiger partial charge on any atom is 0.228 e. The van der Waals surface area contributed by atoms with E-state index in [1.54, 1.807) is 0 Å². The van der Waals surface area contributed by atoms with Crippen LogP contribution >= 0.6 is 11.6 Å². The zero-order valence-electron chi connectivity index (χ0n) is 22.9. The summed E-state index contributed by atoms with van der Waals surface area (Å²) >= 11 is 6.12. The zero-order chi connectivity index (χ0) is 28.0. The van der Waals surface area contributed by atoms with Gasteiger partial charge >= 0.3 is 0 Å². The predicted octanol–water partition coefficient (Wildman–Crippen LogP) is 7.17. The molecule has 1 aliphatic heterocycles. The first kappa shape index (κ1) is 27.1. The zero-order valence-corrected chi connectivity index (χ0v) is 23.6. The largest absolute Gasteiger partial charge is 0.489 e. The van der Waals surface area contributed by atoms with Crippen LogP contribution in [0.1, 0.15) is 29.8 Å². The number of aromatic nitrogens is 2. The first-order valence-electron chi connectivity index (χ1n) is 14.1. The Hall–Kier alpha value is -4.13. The van der Waals surface area contributed by atoms with E-state index in [0.29, 0.717) is 19.7 Å². The number of carbonyl (C=O) groups is 1. The van der Waals surface area contributed by atoms with Gasteiger partial charge < -0.3 is 14.6 Å². The van der Waals surface area contributed by atoms with Crippen molar-refractivity contribution in [2.24, 2.45) is 5.92 Å². The molecule has 1 N–H and O–H groups in total. The van der Waals surface area contributed by atoms with Gasteiger partial charge in [-0.25, -0.2) is 4.98 Å². The molecule has 4 aromatic carbocycles. The van der Waals surface area contributed by atoms with Crippen molar-refractivity contribution in [2.75, 3.05) is 18.4 Å². The number of hydrogen-bond donors (Lipinski definition) is 1. The van der Waals surface area contributed by atoms with Crippen molar-refractivity contribution in [3.05, 3.63) is 125 Å². The van der Waals surface area contributed by atoms with Gasteiger partial charge in [0.15, 0.2) is 0 Å². The number of benzene rings is 4. The van der Waals surface area contributed by atoms with Gasteiger partial charge in [-0.3, -0.25) is 9.69 Å². The van der Waals surface area contributed by atoms with E-state index >= 15 is 0 Å². The van der Waals surface area contributed by atoms with E-state index < -0.39 is 0 Å². The number of halogens is 1. The number of likely N-dealkylation sites (tertiary alicyclic amines) is 1. The third kappa shape index (κ3) is 6.79. The number of fused-ring (bicyclic) bond motifs is 1. The number of anilines is 1. The average Bonchev–Trinajstić information content (AvgIpc) is 3.35. The van der Waals surface area contributed by atoms with Crippen molar-refractivity contribution in [3.8, 4) is 5.75 Å². The highest BCUT2D eigenvalue weighted by molar-refractivity contribution is 6.30. The molecule has 6 nitrogen and oxygen atoms in total. The van der Waals surface area contributed by atoms with Crippen LogP contribution in [0.25, 0.3) is 11.0 Å². The Bertz CT molecular complexity index is 1600.